The molecule has 19 heteroatoms. The van der Waals surface area contributed by atoms with Gasteiger partial charge in [-0.2, -0.15) is 18.2 Å². The number of nitrogens with zero attached hydrogens (tertiary/aromatic N) is 5. The average molecular weight is 889 g/mol. The Labute approximate surface area is 358 Å². The zero-order valence-corrected chi connectivity index (χ0v) is 36.0. The Balaban J connectivity index is 0.869. The first kappa shape index (κ1) is 43.6. The number of halogens is 4. The largest absolute Gasteiger partial charge is 0.421 e. The number of alkyl halides is 3. The number of sulfonamides is 1. The van der Waals surface area contributed by atoms with Crippen molar-refractivity contribution < 1.29 is 41.0 Å². The normalized spacial score (nSPS) is 28.9. The fraction of sp³-hybridized carbons (Fsp3) is 0.571. The number of imide groups is 1. The molecule has 4 N–H and O–H groups in total. The van der Waals surface area contributed by atoms with Gasteiger partial charge in [0.2, 0.25) is 27.8 Å². The fourth-order valence-electron chi connectivity index (χ4n) is 9.60. The highest BCUT2D eigenvalue weighted by Crippen LogP contribution is 2.46. The maximum atomic E-state index is 14.0. The number of benzene rings is 2. The standard InChI is InChI=1S/C42H52ClF3N8O6S/c1-26-19-29(6-9-34(26)48-38-47-21-32(42(44,45)46)36(50-38)54-16-4-11-39(3,57)23-54)61(58,59)51-40-12-14-41(15-13-40,60-25-40)24-53-18-17-52(22-27(53)2)28-5-7-30(33(43)20-28)31-8-10-35(55)49-37(31)56/h5-7,9,19-21,27,31,51,57H,4,8,10-18,22-25H2,1-3H3,(H,47,48,50)(H,49,55,56)/t27-,31?,39+,40?,41?/m1/s1. The summed E-state index contributed by atoms with van der Waals surface area (Å²) in [5, 5.41) is 16.4. The Hall–Kier alpha value is -4.07. The SMILES string of the molecule is Cc1cc(S(=O)(=O)NC23CCC(CN4CCN(c5ccc(C6CCC(=O)NC6=O)c(Cl)c5)C[C@H]4C)(CC2)OC3)ccc1Nc1ncc(C(F)(F)F)c(N2CCC[C@](C)(O)C2)n1. The fourth-order valence-corrected chi connectivity index (χ4v) is 11.4. The number of carbonyl (C=O) groups excluding carboxylic acids is 2. The van der Waals surface area contributed by atoms with Crippen molar-refractivity contribution in [2.75, 3.05) is 61.0 Å². The molecule has 2 bridgehead atoms. The first-order valence-corrected chi connectivity index (χ1v) is 22.7. The van der Waals surface area contributed by atoms with Crippen molar-refractivity contribution in [2.24, 2.45) is 0 Å². The predicted octanol–water partition coefficient (Wildman–Crippen LogP) is 5.64. The lowest BCUT2D eigenvalue weighted by atomic mass is 9.71. The summed E-state index contributed by atoms with van der Waals surface area (Å²) in [4.78, 5) is 38.4. The van der Waals surface area contributed by atoms with Gasteiger partial charge in [0.05, 0.1) is 34.2 Å². The summed E-state index contributed by atoms with van der Waals surface area (Å²) >= 11 is 6.69. The van der Waals surface area contributed by atoms with Crippen LogP contribution in [0.5, 0.6) is 0 Å². The number of hydrogen-bond donors (Lipinski definition) is 4. The molecule has 9 rings (SSSR count). The van der Waals surface area contributed by atoms with Crippen LogP contribution in [0.25, 0.3) is 0 Å². The first-order valence-electron chi connectivity index (χ1n) is 20.8. The lowest BCUT2D eigenvalue weighted by molar-refractivity contribution is -0.169. The van der Waals surface area contributed by atoms with E-state index in [1.54, 1.807) is 19.9 Å². The van der Waals surface area contributed by atoms with Crippen LogP contribution in [0.3, 0.4) is 0 Å². The molecule has 3 atom stereocenters. The Morgan fingerprint density at radius 2 is 1.82 bits per heavy atom. The molecule has 2 amide bonds. The lowest BCUT2D eigenvalue weighted by Crippen LogP contribution is -2.66. The summed E-state index contributed by atoms with van der Waals surface area (Å²) in [5.74, 6) is -1.44. The van der Waals surface area contributed by atoms with Crippen molar-refractivity contribution in [1.29, 1.82) is 0 Å². The van der Waals surface area contributed by atoms with Gasteiger partial charge in [-0.15, -0.1) is 0 Å². The van der Waals surface area contributed by atoms with Crippen LogP contribution in [0.4, 0.5) is 36.3 Å². The van der Waals surface area contributed by atoms with E-state index in [0.717, 1.165) is 43.6 Å². The van der Waals surface area contributed by atoms with E-state index >= 15 is 0 Å². The quantitative estimate of drug-likeness (QED) is 0.185. The molecule has 6 aliphatic rings. The van der Waals surface area contributed by atoms with Crippen LogP contribution >= 0.6 is 11.6 Å². The van der Waals surface area contributed by atoms with E-state index in [1.807, 2.05) is 18.2 Å². The Morgan fingerprint density at radius 3 is 2.46 bits per heavy atom. The van der Waals surface area contributed by atoms with E-state index in [2.05, 4.69) is 42.0 Å². The van der Waals surface area contributed by atoms with Crippen LogP contribution in [0, 0.1) is 6.92 Å². The number of amides is 2. The van der Waals surface area contributed by atoms with E-state index in [4.69, 9.17) is 16.3 Å². The molecule has 0 spiro atoms. The molecule has 1 aliphatic carbocycles. The molecule has 61 heavy (non-hydrogen) atoms. The molecule has 5 saturated heterocycles. The zero-order valence-electron chi connectivity index (χ0n) is 34.4. The number of carbonyl (C=O) groups is 2. The smallest absolute Gasteiger partial charge is 0.388 e. The van der Waals surface area contributed by atoms with Gasteiger partial charge in [0.1, 0.15) is 11.4 Å². The van der Waals surface area contributed by atoms with Gasteiger partial charge in [-0.25, -0.2) is 18.1 Å². The molecule has 0 radical (unpaired) electrons. The van der Waals surface area contributed by atoms with E-state index in [-0.39, 0.29) is 59.7 Å². The molecule has 2 aromatic carbocycles. The summed E-state index contributed by atoms with van der Waals surface area (Å²) in [5.41, 5.74) is -0.648. The monoisotopic (exact) mass is 888 g/mol. The second-order valence-corrected chi connectivity index (χ2v) is 20.0. The molecule has 1 aromatic heterocycles. The summed E-state index contributed by atoms with van der Waals surface area (Å²) in [6.45, 7) is 9.07. The number of anilines is 4. The molecule has 5 aliphatic heterocycles. The van der Waals surface area contributed by atoms with Gasteiger partial charge in [0.15, 0.2) is 0 Å². The Kier molecular flexibility index (Phi) is 11.6. The number of aromatic nitrogens is 2. The van der Waals surface area contributed by atoms with Crippen molar-refractivity contribution in [3.05, 3.63) is 64.3 Å². The number of β-amino-alcohol motifs (C(OH)–C–C–N with tert-alkyl or cyclic N) is 1. The molecule has 14 nitrogen and oxygen atoms in total. The van der Waals surface area contributed by atoms with Gasteiger partial charge in [0.25, 0.3) is 0 Å². The third kappa shape index (κ3) is 9.21. The van der Waals surface area contributed by atoms with Crippen LogP contribution < -0.4 is 25.2 Å². The van der Waals surface area contributed by atoms with Crippen LogP contribution in [-0.2, 0) is 30.5 Å². The second kappa shape index (κ2) is 16.2. The third-order valence-electron chi connectivity index (χ3n) is 13.1. The van der Waals surface area contributed by atoms with Crippen LogP contribution in [0.1, 0.15) is 87.8 Å². The highest BCUT2D eigenvalue weighted by Gasteiger charge is 2.52. The number of piperidine rings is 2. The average Bonchev–Trinajstić information content (AvgIpc) is 3.19. The predicted molar refractivity (Wildman–Crippen MR) is 224 cm³/mol. The highest BCUT2D eigenvalue weighted by atomic mass is 35.5. The number of piperazine rings is 1. The van der Waals surface area contributed by atoms with Gasteiger partial charge in [-0.1, -0.05) is 17.7 Å². The van der Waals surface area contributed by atoms with Crippen LogP contribution in [0.2, 0.25) is 5.02 Å². The first-order chi connectivity index (χ1) is 28.7. The second-order valence-electron chi connectivity index (χ2n) is 17.9. The van der Waals surface area contributed by atoms with Crippen LogP contribution in [-0.4, -0.2) is 109 Å². The maximum absolute atomic E-state index is 14.0. The van der Waals surface area contributed by atoms with Gasteiger partial charge >= 0.3 is 6.18 Å². The molecular weight excluding hydrogens is 837 g/mol. The highest BCUT2D eigenvalue weighted by molar-refractivity contribution is 7.89. The lowest BCUT2D eigenvalue weighted by Gasteiger charge is -2.55. The Morgan fingerprint density at radius 1 is 1.05 bits per heavy atom. The number of hydrogen-bond acceptors (Lipinski definition) is 12. The topological polar surface area (TPSA) is 169 Å². The van der Waals surface area contributed by atoms with Crippen LogP contribution in [0.15, 0.2) is 47.5 Å². The van der Waals surface area contributed by atoms with Gasteiger partial charge in [0, 0.05) is 74.3 Å². The van der Waals surface area contributed by atoms with Gasteiger partial charge < -0.3 is 25.0 Å². The van der Waals surface area contributed by atoms with Crippen molar-refractivity contribution in [2.45, 2.75) is 112 Å². The number of nitrogens with one attached hydrogen (secondary N) is 3. The number of aryl methyl sites for hydroxylation is 1. The number of rotatable bonds is 10. The molecule has 6 fully saturated rings. The molecule has 1 saturated carbocycles. The summed E-state index contributed by atoms with van der Waals surface area (Å²) in [6, 6.07) is 10.5. The summed E-state index contributed by atoms with van der Waals surface area (Å²) in [6.07, 6.45) is 0.349. The third-order valence-corrected chi connectivity index (χ3v) is 15.1. The molecule has 1 unspecified atom stereocenters. The molecule has 330 valence electrons. The minimum Gasteiger partial charge on any atom is -0.388 e. The van der Waals surface area contributed by atoms with E-state index < -0.39 is 38.8 Å². The maximum Gasteiger partial charge on any atom is 0.421 e. The summed E-state index contributed by atoms with van der Waals surface area (Å²) < 4.78 is 79.2. The minimum absolute atomic E-state index is 0.0134. The Bertz CT molecular complexity index is 2290. The number of aliphatic hydroxyl groups is 1. The minimum atomic E-state index is -4.71. The van der Waals surface area contributed by atoms with Crippen molar-refractivity contribution >= 4 is 56.6 Å². The zero-order chi connectivity index (χ0) is 43.5. The van der Waals surface area contributed by atoms with Crippen molar-refractivity contribution in [1.82, 2.24) is 24.9 Å². The van der Waals surface area contributed by atoms with Gasteiger partial charge in [-0.3, -0.25) is 19.8 Å². The van der Waals surface area contributed by atoms with E-state index in [9.17, 15) is 36.3 Å². The summed E-state index contributed by atoms with van der Waals surface area (Å²) in [7, 11) is -3.98. The van der Waals surface area contributed by atoms with Crippen molar-refractivity contribution in [3.8, 4) is 0 Å². The number of ether oxygens (including phenoxy) is 1. The molecule has 6 heterocycles. The molecule has 3 aromatic rings. The van der Waals surface area contributed by atoms with E-state index in [0.29, 0.717) is 67.8 Å². The molecular formula is C42H52ClF3N8O6S. The van der Waals surface area contributed by atoms with E-state index in [1.165, 1.54) is 17.0 Å². The van der Waals surface area contributed by atoms with Gasteiger partial charge in [-0.05, 0) is 107 Å². The van der Waals surface area contributed by atoms with Crippen molar-refractivity contribution in [3.63, 3.8) is 0 Å². The number of fused-ring (bicyclic) bond motifs is 3.